The van der Waals surface area contributed by atoms with Gasteiger partial charge in [0.25, 0.3) is 0 Å². The van der Waals surface area contributed by atoms with E-state index in [9.17, 15) is 9.59 Å². The van der Waals surface area contributed by atoms with Gasteiger partial charge in [-0.25, -0.2) is 0 Å². The molecule has 0 bridgehead atoms. The fourth-order valence-corrected chi connectivity index (χ4v) is 3.20. The van der Waals surface area contributed by atoms with Crippen molar-refractivity contribution in [2.75, 3.05) is 26.7 Å². The third-order valence-electron chi connectivity index (χ3n) is 4.25. The molecule has 0 aromatic rings. The van der Waals surface area contributed by atoms with Gasteiger partial charge in [-0.05, 0) is 38.8 Å². The Morgan fingerprint density at radius 1 is 1.44 bits per heavy atom. The zero-order valence-corrected chi connectivity index (χ0v) is 11.1. The van der Waals surface area contributed by atoms with E-state index in [2.05, 4.69) is 4.90 Å². The largest absolute Gasteiger partial charge is 0.330 e. The first-order valence-electron chi connectivity index (χ1n) is 6.87. The van der Waals surface area contributed by atoms with Crippen molar-refractivity contribution in [2.24, 2.45) is 11.7 Å². The smallest absolute Gasteiger partial charge is 0.243 e. The number of hydrogen-bond donors (Lipinski definition) is 1. The number of amides is 2. The highest BCUT2D eigenvalue weighted by Crippen LogP contribution is 2.28. The topological polar surface area (TPSA) is 66.6 Å². The first-order chi connectivity index (χ1) is 8.63. The third kappa shape index (κ3) is 2.72. The lowest BCUT2D eigenvalue weighted by Crippen LogP contribution is -2.45. The van der Waals surface area contributed by atoms with Crippen molar-refractivity contribution in [1.82, 2.24) is 9.80 Å². The van der Waals surface area contributed by atoms with E-state index in [0.717, 1.165) is 19.3 Å². The molecule has 1 aliphatic heterocycles. The van der Waals surface area contributed by atoms with Gasteiger partial charge in [0.05, 0.1) is 6.54 Å². The van der Waals surface area contributed by atoms with Crippen LogP contribution in [0, 0.1) is 5.92 Å². The summed E-state index contributed by atoms with van der Waals surface area (Å²) in [5.74, 6) is 0.426. The highest BCUT2D eigenvalue weighted by Gasteiger charge is 2.32. The monoisotopic (exact) mass is 253 g/mol. The van der Waals surface area contributed by atoms with Crippen LogP contribution >= 0.6 is 0 Å². The van der Waals surface area contributed by atoms with E-state index in [1.54, 1.807) is 0 Å². The standard InChI is InChI=1S/C13H23N3O2/c1-15(11-5-2-4-10(11)8-14)9-13(18)16-7-3-6-12(16)17/h10-11H,2-9,14H2,1H3. The Hall–Kier alpha value is -0.940. The molecule has 1 saturated carbocycles. The summed E-state index contributed by atoms with van der Waals surface area (Å²) in [7, 11) is 1.97. The second-order valence-electron chi connectivity index (χ2n) is 5.45. The summed E-state index contributed by atoms with van der Waals surface area (Å²) < 4.78 is 0. The number of likely N-dealkylation sites (N-methyl/N-ethyl adjacent to an activating group) is 1. The van der Waals surface area contributed by atoms with Gasteiger partial charge in [-0.15, -0.1) is 0 Å². The SMILES string of the molecule is CN(CC(=O)N1CCCC1=O)C1CCCC1CN. The number of carbonyl (C=O) groups excluding carboxylic acids is 2. The molecule has 2 N–H and O–H groups in total. The fraction of sp³-hybridized carbons (Fsp3) is 0.846. The maximum Gasteiger partial charge on any atom is 0.243 e. The molecule has 1 heterocycles. The van der Waals surface area contributed by atoms with Crippen LogP contribution in [0.5, 0.6) is 0 Å². The number of carbonyl (C=O) groups is 2. The predicted molar refractivity (Wildman–Crippen MR) is 68.8 cm³/mol. The molecule has 1 aliphatic carbocycles. The molecule has 5 heteroatoms. The lowest BCUT2D eigenvalue weighted by Gasteiger charge is -2.29. The molecule has 0 aromatic heterocycles. The second kappa shape index (κ2) is 5.80. The van der Waals surface area contributed by atoms with E-state index in [1.165, 1.54) is 11.3 Å². The van der Waals surface area contributed by atoms with Crippen molar-refractivity contribution in [3.05, 3.63) is 0 Å². The van der Waals surface area contributed by atoms with Crippen LogP contribution in [0.4, 0.5) is 0 Å². The fourth-order valence-electron chi connectivity index (χ4n) is 3.20. The van der Waals surface area contributed by atoms with Crippen LogP contribution in [0.15, 0.2) is 0 Å². The van der Waals surface area contributed by atoms with E-state index in [1.807, 2.05) is 7.05 Å². The molecule has 18 heavy (non-hydrogen) atoms. The molecule has 2 amide bonds. The number of likely N-dealkylation sites (tertiary alicyclic amines) is 1. The van der Waals surface area contributed by atoms with E-state index < -0.39 is 0 Å². The first-order valence-corrected chi connectivity index (χ1v) is 6.87. The molecule has 102 valence electrons. The maximum absolute atomic E-state index is 12.1. The summed E-state index contributed by atoms with van der Waals surface area (Å²) in [6.45, 7) is 1.62. The number of hydrogen-bond acceptors (Lipinski definition) is 4. The first kappa shape index (κ1) is 13.5. The Morgan fingerprint density at radius 2 is 2.22 bits per heavy atom. The highest BCUT2D eigenvalue weighted by atomic mass is 16.2. The molecule has 1 saturated heterocycles. The van der Waals surface area contributed by atoms with Gasteiger partial charge < -0.3 is 5.73 Å². The second-order valence-corrected chi connectivity index (χ2v) is 5.45. The molecule has 2 fully saturated rings. The van der Waals surface area contributed by atoms with Crippen LogP contribution in [-0.2, 0) is 9.59 Å². The third-order valence-corrected chi connectivity index (χ3v) is 4.25. The van der Waals surface area contributed by atoms with Crippen molar-refractivity contribution in [2.45, 2.75) is 38.1 Å². The van der Waals surface area contributed by atoms with E-state index in [0.29, 0.717) is 38.0 Å². The van der Waals surface area contributed by atoms with E-state index >= 15 is 0 Å². The van der Waals surface area contributed by atoms with Crippen LogP contribution in [0.1, 0.15) is 32.1 Å². The molecule has 5 nitrogen and oxygen atoms in total. The van der Waals surface area contributed by atoms with E-state index in [-0.39, 0.29) is 11.8 Å². The number of rotatable bonds is 4. The summed E-state index contributed by atoms with van der Waals surface area (Å²) in [4.78, 5) is 27.0. The molecular formula is C13H23N3O2. The van der Waals surface area contributed by atoms with Crippen molar-refractivity contribution in [3.8, 4) is 0 Å². The van der Waals surface area contributed by atoms with Gasteiger partial charge in [-0.2, -0.15) is 0 Å². The summed E-state index contributed by atoms with van der Waals surface area (Å²) >= 11 is 0. The molecule has 2 rings (SSSR count). The van der Waals surface area contributed by atoms with Gasteiger partial charge >= 0.3 is 0 Å². The average molecular weight is 253 g/mol. The molecule has 0 spiro atoms. The summed E-state index contributed by atoms with van der Waals surface area (Å²) in [5.41, 5.74) is 5.76. The van der Waals surface area contributed by atoms with Gasteiger partial charge in [0.1, 0.15) is 0 Å². The average Bonchev–Trinajstić information content (AvgIpc) is 2.96. The van der Waals surface area contributed by atoms with Crippen LogP contribution < -0.4 is 5.73 Å². The Kier molecular flexibility index (Phi) is 4.35. The highest BCUT2D eigenvalue weighted by molar-refractivity contribution is 5.97. The van der Waals surface area contributed by atoms with E-state index in [4.69, 9.17) is 5.73 Å². The molecule has 2 atom stereocenters. The Labute approximate surface area is 108 Å². The van der Waals surface area contributed by atoms with Crippen molar-refractivity contribution in [3.63, 3.8) is 0 Å². The summed E-state index contributed by atoms with van der Waals surface area (Å²) in [5, 5.41) is 0. The lowest BCUT2D eigenvalue weighted by atomic mass is 10.0. The Morgan fingerprint density at radius 3 is 2.83 bits per heavy atom. The maximum atomic E-state index is 12.1. The van der Waals surface area contributed by atoms with Gasteiger partial charge in [-0.3, -0.25) is 19.4 Å². The normalized spacial score (nSPS) is 28.4. The zero-order valence-electron chi connectivity index (χ0n) is 11.1. The van der Waals surface area contributed by atoms with Crippen molar-refractivity contribution >= 4 is 11.8 Å². The van der Waals surface area contributed by atoms with Crippen LogP contribution in [0.3, 0.4) is 0 Å². The Balaban J connectivity index is 1.88. The Bertz CT molecular complexity index is 332. The molecule has 2 unspecified atom stereocenters. The minimum absolute atomic E-state index is 0.0183. The van der Waals surface area contributed by atoms with Gasteiger partial charge in [0.15, 0.2) is 0 Å². The minimum Gasteiger partial charge on any atom is -0.330 e. The molecule has 2 aliphatic rings. The summed E-state index contributed by atoms with van der Waals surface area (Å²) in [6, 6.07) is 0.400. The number of nitrogens with two attached hydrogens (primary N) is 1. The molecule has 0 aromatic carbocycles. The minimum atomic E-state index is -0.0531. The number of nitrogens with zero attached hydrogens (tertiary/aromatic N) is 2. The van der Waals surface area contributed by atoms with Crippen molar-refractivity contribution < 1.29 is 9.59 Å². The van der Waals surface area contributed by atoms with Crippen LogP contribution in [-0.4, -0.2) is 54.3 Å². The summed E-state index contributed by atoms with van der Waals surface area (Å²) in [6.07, 6.45) is 4.78. The van der Waals surface area contributed by atoms with Crippen molar-refractivity contribution in [1.29, 1.82) is 0 Å². The number of imide groups is 1. The van der Waals surface area contributed by atoms with Crippen LogP contribution in [0.2, 0.25) is 0 Å². The van der Waals surface area contributed by atoms with Gasteiger partial charge in [0.2, 0.25) is 11.8 Å². The van der Waals surface area contributed by atoms with Gasteiger partial charge in [-0.1, -0.05) is 6.42 Å². The lowest BCUT2D eigenvalue weighted by molar-refractivity contribution is -0.142. The van der Waals surface area contributed by atoms with Crippen LogP contribution in [0.25, 0.3) is 0 Å². The molecule has 0 radical (unpaired) electrons. The predicted octanol–water partition coefficient (Wildman–Crippen LogP) is 0.195. The molecular weight excluding hydrogens is 230 g/mol. The quantitative estimate of drug-likeness (QED) is 0.777. The zero-order chi connectivity index (χ0) is 13.1. The van der Waals surface area contributed by atoms with Gasteiger partial charge in [0, 0.05) is 19.0 Å².